The average Bonchev–Trinajstić information content (AvgIpc) is 3.04. The van der Waals surface area contributed by atoms with E-state index in [0.29, 0.717) is 0 Å². The summed E-state index contributed by atoms with van der Waals surface area (Å²) in [6, 6.07) is 19.5. The van der Waals surface area contributed by atoms with Gasteiger partial charge in [0.1, 0.15) is 0 Å². The minimum absolute atomic E-state index is 0.846. The van der Waals surface area contributed by atoms with Gasteiger partial charge in [-0.05, 0) is 127 Å². The number of rotatable bonds is 11. The molecule has 4 nitrogen and oxygen atoms in total. The molecule has 0 aromatic heterocycles. The van der Waals surface area contributed by atoms with Gasteiger partial charge in [0.25, 0.3) is 0 Å². The highest BCUT2D eigenvalue weighted by Gasteiger charge is 2.12. The van der Waals surface area contributed by atoms with Crippen molar-refractivity contribution in [3.63, 3.8) is 0 Å². The molecular formula is C33H42N4S7. The highest BCUT2D eigenvalue weighted by Crippen LogP contribution is 2.37. The van der Waals surface area contributed by atoms with Crippen LogP contribution in [0.15, 0.2) is 88.9 Å². The summed E-state index contributed by atoms with van der Waals surface area (Å²) in [5.41, 5.74) is 33.2. The third-order valence-corrected chi connectivity index (χ3v) is 12.4. The van der Waals surface area contributed by atoms with Gasteiger partial charge < -0.3 is 22.9 Å². The second kappa shape index (κ2) is 18.0. The zero-order valence-corrected chi connectivity index (χ0v) is 32.0. The average molecular weight is 719 g/mol. The van der Waals surface area contributed by atoms with Crippen LogP contribution in [0.25, 0.3) is 0 Å². The Labute approximate surface area is 293 Å². The van der Waals surface area contributed by atoms with Crippen molar-refractivity contribution in [1.29, 1.82) is 0 Å². The number of thioether (sulfide) groups is 7. The highest BCUT2D eigenvalue weighted by molar-refractivity contribution is 8.00. The van der Waals surface area contributed by atoms with Crippen molar-refractivity contribution in [3.05, 3.63) is 76.9 Å². The van der Waals surface area contributed by atoms with Crippen molar-refractivity contribution in [1.82, 2.24) is 0 Å². The van der Waals surface area contributed by atoms with E-state index in [2.05, 4.69) is 92.3 Å². The van der Waals surface area contributed by atoms with Gasteiger partial charge in [-0.3, -0.25) is 0 Å². The zero-order valence-electron chi connectivity index (χ0n) is 26.3. The first kappa shape index (κ1) is 37.0. The molecule has 0 aliphatic carbocycles. The molecule has 0 spiro atoms. The summed E-state index contributed by atoms with van der Waals surface area (Å²) in [5.74, 6) is 0. The van der Waals surface area contributed by atoms with E-state index >= 15 is 0 Å². The fourth-order valence-electron chi connectivity index (χ4n) is 4.62. The number of benzene rings is 4. The van der Waals surface area contributed by atoms with Crippen LogP contribution in [0.5, 0.6) is 0 Å². The third-order valence-electron chi connectivity index (χ3n) is 6.93. The van der Waals surface area contributed by atoms with Crippen LogP contribution in [0.2, 0.25) is 0 Å². The molecule has 236 valence electrons. The Morgan fingerprint density at radius 3 is 0.886 bits per heavy atom. The number of anilines is 4. The SMILES string of the molecule is CSc1cc(Cc2cc(SC)c(N)c(SC)c2)cc(SC)c1N.CSc1cc(Cc2cc(SC)c(N)c(SC)c2)ccc1N. The Kier molecular flexibility index (Phi) is 15.1. The van der Waals surface area contributed by atoms with E-state index in [0.717, 1.165) is 69.9 Å². The molecule has 0 amide bonds. The summed E-state index contributed by atoms with van der Waals surface area (Å²) >= 11 is 11.9. The Bertz CT molecular complexity index is 1440. The molecule has 8 N–H and O–H groups in total. The summed E-state index contributed by atoms with van der Waals surface area (Å²) in [7, 11) is 0. The standard InChI is InChI=1S/C17H22N2S4.C16H20N2S3/c1-20-12-6-10(7-13(21-2)16(12)18)5-11-8-14(22-3)17(19)15(9-11)23-4;1-19-13-7-10(4-5-12(13)17)6-11-8-14(20-2)16(18)15(9-11)21-3/h6-9H,5,18-19H2,1-4H3;4-5,7-9H,6,17-18H2,1-3H3. The number of hydrogen-bond donors (Lipinski definition) is 4. The monoisotopic (exact) mass is 718 g/mol. The predicted molar refractivity (Wildman–Crippen MR) is 211 cm³/mol. The zero-order chi connectivity index (χ0) is 32.4. The van der Waals surface area contributed by atoms with Gasteiger partial charge in [-0.15, -0.1) is 82.3 Å². The second-order valence-corrected chi connectivity index (χ2v) is 15.6. The van der Waals surface area contributed by atoms with Crippen LogP contribution < -0.4 is 22.9 Å². The molecule has 44 heavy (non-hydrogen) atoms. The predicted octanol–water partition coefficient (Wildman–Crippen LogP) is 9.94. The highest BCUT2D eigenvalue weighted by atomic mass is 32.2. The molecule has 0 radical (unpaired) electrons. The van der Waals surface area contributed by atoms with Gasteiger partial charge in [0.2, 0.25) is 0 Å². The maximum Gasteiger partial charge on any atom is 0.0590 e. The van der Waals surface area contributed by atoms with E-state index in [1.807, 2.05) is 6.07 Å². The molecule has 0 saturated carbocycles. The normalized spacial score (nSPS) is 10.9. The summed E-state index contributed by atoms with van der Waals surface area (Å²) in [6.45, 7) is 0. The molecule has 4 aromatic rings. The van der Waals surface area contributed by atoms with Crippen LogP contribution in [0.3, 0.4) is 0 Å². The van der Waals surface area contributed by atoms with Gasteiger partial charge in [-0.25, -0.2) is 0 Å². The quantitative estimate of drug-likeness (QED) is 0.0880. The molecular weight excluding hydrogens is 677 g/mol. The first-order valence-electron chi connectivity index (χ1n) is 13.6. The second-order valence-electron chi connectivity index (χ2n) is 9.67. The lowest BCUT2D eigenvalue weighted by Crippen LogP contribution is -1.98. The van der Waals surface area contributed by atoms with E-state index in [1.165, 1.54) is 22.3 Å². The molecule has 0 unspecified atom stereocenters. The lowest BCUT2D eigenvalue weighted by molar-refractivity contribution is 1.12. The topological polar surface area (TPSA) is 104 Å². The Balaban J connectivity index is 0.000000241. The molecule has 4 aromatic carbocycles. The van der Waals surface area contributed by atoms with Gasteiger partial charge in [0, 0.05) is 40.0 Å². The first-order valence-corrected chi connectivity index (χ1v) is 22.1. The van der Waals surface area contributed by atoms with Gasteiger partial charge in [0.15, 0.2) is 0 Å². The maximum absolute atomic E-state index is 6.21. The van der Waals surface area contributed by atoms with Crippen molar-refractivity contribution in [2.45, 2.75) is 47.1 Å². The van der Waals surface area contributed by atoms with Crippen molar-refractivity contribution in [2.75, 3.05) is 66.7 Å². The van der Waals surface area contributed by atoms with E-state index in [4.69, 9.17) is 22.9 Å². The fourth-order valence-corrected chi connectivity index (χ4v) is 8.98. The minimum atomic E-state index is 0.846. The molecule has 0 atom stereocenters. The Morgan fingerprint density at radius 1 is 0.364 bits per heavy atom. The van der Waals surface area contributed by atoms with E-state index < -0.39 is 0 Å². The van der Waals surface area contributed by atoms with Gasteiger partial charge >= 0.3 is 0 Å². The van der Waals surface area contributed by atoms with E-state index in [-0.39, 0.29) is 0 Å². The van der Waals surface area contributed by atoms with Crippen LogP contribution in [0, 0.1) is 0 Å². The summed E-state index contributed by atoms with van der Waals surface area (Å²) in [4.78, 5) is 8.04. The largest absolute Gasteiger partial charge is 0.398 e. The summed E-state index contributed by atoms with van der Waals surface area (Å²) in [5, 5.41) is 0. The molecule has 0 aliphatic rings. The van der Waals surface area contributed by atoms with E-state index in [9.17, 15) is 0 Å². The van der Waals surface area contributed by atoms with Crippen molar-refractivity contribution < 1.29 is 0 Å². The molecule has 0 saturated heterocycles. The molecule has 4 rings (SSSR count). The molecule has 0 fully saturated rings. The first-order chi connectivity index (χ1) is 21.1. The van der Waals surface area contributed by atoms with E-state index in [1.54, 1.807) is 82.3 Å². The van der Waals surface area contributed by atoms with Crippen LogP contribution in [-0.2, 0) is 12.8 Å². The summed E-state index contributed by atoms with van der Waals surface area (Å²) in [6.07, 6.45) is 16.2. The van der Waals surface area contributed by atoms with Crippen LogP contribution in [-0.4, -0.2) is 43.8 Å². The fraction of sp³-hybridized carbons (Fsp3) is 0.273. The lowest BCUT2D eigenvalue weighted by atomic mass is 10.0. The Morgan fingerprint density at radius 2 is 0.614 bits per heavy atom. The van der Waals surface area contributed by atoms with Crippen molar-refractivity contribution >= 4 is 105 Å². The number of nitrogen functional groups attached to an aromatic ring is 4. The third kappa shape index (κ3) is 9.53. The molecule has 0 heterocycles. The Hall–Kier alpha value is -1.47. The van der Waals surface area contributed by atoms with Gasteiger partial charge in [0.05, 0.1) is 17.1 Å². The smallest absolute Gasteiger partial charge is 0.0590 e. The number of hydrogen-bond acceptors (Lipinski definition) is 11. The van der Waals surface area contributed by atoms with Crippen LogP contribution in [0.4, 0.5) is 22.7 Å². The maximum atomic E-state index is 6.21. The van der Waals surface area contributed by atoms with Gasteiger partial charge in [-0.2, -0.15) is 0 Å². The lowest BCUT2D eigenvalue weighted by Gasteiger charge is -2.14. The molecule has 0 aliphatic heterocycles. The van der Waals surface area contributed by atoms with Crippen molar-refractivity contribution in [2.24, 2.45) is 0 Å². The molecule has 0 bridgehead atoms. The number of nitrogens with two attached hydrogens (primary N) is 4. The van der Waals surface area contributed by atoms with Crippen LogP contribution in [0.1, 0.15) is 22.3 Å². The summed E-state index contributed by atoms with van der Waals surface area (Å²) < 4.78 is 0. The van der Waals surface area contributed by atoms with Gasteiger partial charge in [-0.1, -0.05) is 6.07 Å². The van der Waals surface area contributed by atoms with Crippen LogP contribution >= 0.6 is 82.3 Å². The molecule has 11 heteroatoms. The minimum Gasteiger partial charge on any atom is -0.398 e. The van der Waals surface area contributed by atoms with Crippen molar-refractivity contribution in [3.8, 4) is 0 Å².